The standard InChI is InChI=1S/C13H17F2N/c14-12-6-3-4-10(13(12)15)7-8-11-5-1-2-9-16-11/h3-4,6,11,16H,1-2,5,7-9H2. The highest BCUT2D eigenvalue weighted by Crippen LogP contribution is 2.17. The zero-order valence-corrected chi connectivity index (χ0v) is 9.31. The van der Waals surface area contributed by atoms with Gasteiger partial charge in [-0.15, -0.1) is 0 Å². The number of piperidine rings is 1. The normalized spacial score (nSPS) is 21.0. The Morgan fingerprint density at radius 1 is 1.25 bits per heavy atom. The summed E-state index contributed by atoms with van der Waals surface area (Å²) in [4.78, 5) is 0. The van der Waals surface area contributed by atoms with Gasteiger partial charge in [-0.25, -0.2) is 8.78 Å². The van der Waals surface area contributed by atoms with Crippen molar-refractivity contribution in [2.24, 2.45) is 0 Å². The van der Waals surface area contributed by atoms with Gasteiger partial charge >= 0.3 is 0 Å². The van der Waals surface area contributed by atoms with Crippen molar-refractivity contribution in [2.45, 2.75) is 38.1 Å². The van der Waals surface area contributed by atoms with Crippen LogP contribution in [0.25, 0.3) is 0 Å². The summed E-state index contributed by atoms with van der Waals surface area (Å²) in [5.41, 5.74) is 0.493. The average molecular weight is 225 g/mol. The van der Waals surface area contributed by atoms with Gasteiger partial charge in [0, 0.05) is 6.04 Å². The molecule has 0 aliphatic carbocycles. The van der Waals surface area contributed by atoms with E-state index in [-0.39, 0.29) is 0 Å². The molecule has 1 fully saturated rings. The van der Waals surface area contributed by atoms with Crippen molar-refractivity contribution in [1.29, 1.82) is 0 Å². The van der Waals surface area contributed by atoms with Crippen LogP contribution in [0.15, 0.2) is 18.2 Å². The van der Waals surface area contributed by atoms with Gasteiger partial charge in [0.05, 0.1) is 0 Å². The second kappa shape index (κ2) is 5.39. The molecule has 1 saturated heterocycles. The van der Waals surface area contributed by atoms with Gasteiger partial charge in [0.1, 0.15) is 0 Å². The lowest BCUT2D eigenvalue weighted by Crippen LogP contribution is -2.34. The Labute approximate surface area is 94.9 Å². The van der Waals surface area contributed by atoms with Crippen molar-refractivity contribution in [3.63, 3.8) is 0 Å². The quantitative estimate of drug-likeness (QED) is 0.833. The summed E-state index contributed by atoms with van der Waals surface area (Å²) in [6.07, 6.45) is 5.12. The molecule has 0 saturated carbocycles. The predicted molar refractivity (Wildman–Crippen MR) is 60.3 cm³/mol. The molecule has 3 heteroatoms. The maximum atomic E-state index is 13.4. The van der Waals surface area contributed by atoms with Crippen LogP contribution in [0.5, 0.6) is 0 Å². The molecule has 1 aliphatic heterocycles. The SMILES string of the molecule is Fc1cccc(CCC2CCCCN2)c1F. The van der Waals surface area contributed by atoms with Gasteiger partial charge in [-0.05, 0) is 43.9 Å². The topological polar surface area (TPSA) is 12.0 Å². The van der Waals surface area contributed by atoms with E-state index >= 15 is 0 Å². The van der Waals surface area contributed by atoms with E-state index in [0.29, 0.717) is 18.0 Å². The van der Waals surface area contributed by atoms with Gasteiger partial charge < -0.3 is 5.32 Å². The smallest absolute Gasteiger partial charge is 0.162 e. The molecule has 0 spiro atoms. The van der Waals surface area contributed by atoms with Crippen LogP contribution in [0.2, 0.25) is 0 Å². The number of nitrogens with one attached hydrogen (secondary N) is 1. The largest absolute Gasteiger partial charge is 0.314 e. The maximum Gasteiger partial charge on any atom is 0.162 e. The van der Waals surface area contributed by atoms with E-state index in [1.807, 2.05) is 0 Å². The molecule has 0 amide bonds. The van der Waals surface area contributed by atoms with E-state index in [4.69, 9.17) is 0 Å². The first-order chi connectivity index (χ1) is 7.77. The van der Waals surface area contributed by atoms with Gasteiger partial charge in [-0.3, -0.25) is 0 Å². The first-order valence-corrected chi connectivity index (χ1v) is 5.93. The predicted octanol–water partition coefficient (Wildman–Crippen LogP) is 3.04. The van der Waals surface area contributed by atoms with Crippen molar-refractivity contribution in [3.05, 3.63) is 35.4 Å². The number of rotatable bonds is 3. The van der Waals surface area contributed by atoms with E-state index in [1.165, 1.54) is 12.8 Å². The lowest BCUT2D eigenvalue weighted by molar-refractivity contribution is 0.380. The summed E-state index contributed by atoms with van der Waals surface area (Å²) in [6, 6.07) is 4.87. The Morgan fingerprint density at radius 2 is 2.12 bits per heavy atom. The third-order valence-electron chi connectivity index (χ3n) is 3.21. The van der Waals surface area contributed by atoms with E-state index in [1.54, 1.807) is 12.1 Å². The summed E-state index contributed by atoms with van der Waals surface area (Å²) >= 11 is 0. The maximum absolute atomic E-state index is 13.4. The number of halogens is 2. The van der Waals surface area contributed by atoms with E-state index < -0.39 is 11.6 Å². The molecule has 1 atom stereocenters. The van der Waals surface area contributed by atoms with E-state index in [9.17, 15) is 8.78 Å². The fourth-order valence-electron chi connectivity index (χ4n) is 2.24. The number of benzene rings is 1. The van der Waals surface area contributed by atoms with Gasteiger partial charge in [-0.2, -0.15) is 0 Å². The van der Waals surface area contributed by atoms with Crippen LogP contribution in [0, 0.1) is 11.6 Å². The molecule has 2 rings (SSSR count). The molecule has 88 valence electrons. The molecule has 0 aromatic heterocycles. The van der Waals surface area contributed by atoms with Crippen LogP contribution in [-0.2, 0) is 6.42 Å². The second-order valence-corrected chi connectivity index (χ2v) is 4.40. The molecule has 1 aliphatic rings. The van der Waals surface area contributed by atoms with Crippen molar-refractivity contribution < 1.29 is 8.78 Å². The van der Waals surface area contributed by atoms with E-state index in [0.717, 1.165) is 25.5 Å². The van der Waals surface area contributed by atoms with Gasteiger partial charge in [0.25, 0.3) is 0 Å². The molecule has 1 nitrogen and oxygen atoms in total. The fourth-order valence-corrected chi connectivity index (χ4v) is 2.24. The number of hydrogen-bond acceptors (Lipinski definition) is 1. The minimum Gasteiger partial charge on any atom is -0.314 e. The molecule has 1 heterocycles. The molecular weight excluding hydrogens is 208 g/mol. The Kier molecular flexibility index (Phi) is 3.88. The minimum absolute atomic E-state index is 0.469. The van der Waals surface area contributed by atoms with Gasteiger partial charge in [0.2, 0.25) is 0 Å². The van der Waals surface area contributed by atoms with Gasteiger partial charge in [0.15, 0.2) is 11.6 Å². The Bertz CT molecular complexity index is 346. The van der Waals surface area contributed by atoms with Crippen LogP contribution in [0.3, 0.4) is 0 Å². The first kappa shape index (κ1) is 11.5. The van der Waals surface area contributed by atoms with Crippen LogP contribution in [0.4, 0.5) is 8.78 Å². The Balaban J connectivity index is 1.91. The Hall–Kier alpha value is -0.960. The molecule has 1 N–H and O–H groups in total. The zero-order chi connectivity index (χ0) is 11.4. The highest BCUT2D eigenvalue weighted by atomic mass is 19.2. The third-order valence-corrected chi connectivity index (χ3v) is 3.21. The second-order valence-electron chi connectivity index (χ2n) is 4.40. The summed E-state index contributed by atoms with van der Waals surface area (Å²) in [6.45, 7) is 1.05. The summed E-state index contributed by atoms with van der Waals surface area (Å²) in [7, 11) is 0. The fraction of sp³-hybridized carbons (Fsp3) is 0.538. The number of aryl methyl sites for hydroxylation is 1. The number of hydrogen-bond donors (Lipinski definition) is 1. The van der Waals surface area contributed by atoms with Gasteiger partial charge in [-0.1, -0.05) is 18.6 Å². The third kappa shape index (κ3) is 2.79. The molecule has 1 aromatic rings. The highest BCUT2D eigenvalue weighted by Gasteiger charge is 2.14. The molecule has 1 aromatic carbocycles. The summed E-state index contributed by atoms with van der Waals surface area (Å²) in [5.74, 6) is -1.42. The monoisotopic (exact) mass is 225 g/mol. The summed E-state index contributed by atoms with van der Waals surface area (Å²) < 4.78 is 26.3. The molecular formula is C13H17F2N. The molecule has 0 bridgehead atoms. The average Bonchev–Trinajstić information content (AvgIpc) is 2.32. The van der Waals surface area contributed by atoms with Crippen molar-refractivity contribution in [1.82, 2.24) is 5.32 Å². The summed E-state index contributed by atoms with van der Waals surface area (Å²) in [5, 5.41) is 3.41. The minimum atomic E-state index is -0.742. The highest BCUT2D eigenvalue weighted by molar-refractivity contribution is 5.19. The van der Waals surface area contributed by atoms with Crippen molar-refractivity contribution in [3.8, 4) is 0 Å². The van der Waals surface area contributed by atoms with Crippen molar-refractivity contribution >= 4 is 0 Å². The lowest BCUT2D eigenvalue weighted by atomic mass is 9.98. The van der Waals surface area contributed by atoms with Crippen LogP contribution in [-0.4, -0.2) is 12.6 Å². The Morgan fingerprint density at radius 3 is 2.88 bits per heavy atom. The molecule has 16 heavy (non-hydrogen) atoms. The first-order valence-electron chi connectivity index (χ1n) is 5.93. The molecule has 0 radical (unpaired) electrons. The lowest BCUT2D eigenvalue weighted by Gasteiger charge is -2.23. The van der Waals surface area contributed by atoms with Crippen LogP contribution in [0.1, 0.15) is 31.2 Å². The molecule has 1 unspecified atom stereocenters. The van der Waals surface area contributed by atoms with Crippen LogP contribution < -0.4 is 5.32 Å². The van der Waals surface area contributed by atoms with Crippen LogP contribution >= 0.6 is 0 Å². The zero-order valence-electron chi connectivity index (χ0n) is 9.31. The van der Waals surface area contributed by atoms with E-state index in [2.05, 4.69) is 5.32 Å². The van der Waals surface area contributed by atoms with Crippen molar-refractivity contribution in [2.75, 3.05) is 6.54 Å².